The van der Waals surface area contributed by atoms with Crippen molar-refractivity contribution in [1.29, 1.82) is 10.5 Å². The molecule has 0 spiro atoms. The summed E-state index contributed by atoms with van der Waals surface area (Å²) in [6.07, 6.45) is 5.51. The van der Waals surface area contributed by atoms with Crippen molar-refractivity contribution in [3.8, 4) is 12.1 Å². The van der Waals surface area contributed by atoms with E-state index in [-0.39, 0.29) is 0 Å². The highest BCUT2D eigenvalue weighted by atomic mass is 32.1. The minimum Gasteiger partial charge on any atom is -0.192 e. The zero-order chi connectivity index (χ0) is 20.8. The van der Waals surface area contributed by atoms with Gasteiger partial charge in [-0.3, -0.25) is 0 Å². The summed E-state index contributed by atoms with van der Waals surface area (Å²) in [4.78, 5) is 5.18. The van der Waals surface area contributed by atoms with Gasteiger partial charge in [0.15, 0.2) is 0 Å². The SMILES string of the molecule is CCc1sc(CC)c(C(C#N)=C(C#N)c2c(CC)sc(CC)c2CC)c1CC. The summed E-state index contributed by atoms with van der Waals surface area (Å²) < 4.78 is 0. The van der Waals surface area contributed by atoms with E-state index in [0.29, 0.717) is 11.1 Å². The topological polar surface area (TPSA) is 47.6 Å². The van der Waals surface area contributed by atoms with E-state index in [9.17, 15) is 10.5 Å². The number of nitriles is 2. The van der Waals surface area contributed by atoms with Gasteiger partial charge in [0.05, 0.1) is 11.1 Å². The Morgan fingerprint density at radius 1 is 0.571 bits per heavy atom. The third-order valence-electron chi connectivity index (χ3n) is 5.29. The van der Waals surface area contributed by atoms with E-state index < -0.39 is 0 Å². The smallest absolute Gasteiger partial charge is 0.101 e. The number of allylic oxidation sites excluding steroid dienone is 2. The van der Waals surface area contributed by atoms with Crippen molar-refractivity contribution in [3.63, 3.8) is 0 Å². The Hall–Kier alpha value is -1.88. The molecule has 0 N–H and O–H groups in total. The van der Waals surface area contributed by atoms with Gasteiger partial charge in [0.2, 0.25) is 0 Å². The van der Waals surface area contributed by atoms with Crippen LogP contribution in [0, 0.1) is 22.7 Å². The van der Waals surface area contributed by atoms with Crippen LogP contribution in [-0.2, 0) is 38.5 Å². The molecule has 0 atom stereocenters. The Labute approximate surface area is 178 Å². The molecular weight excluding hydrogens is 380 g/mol. The number of aryl methyl sites for hydroxylation is 4. The average molecular weight is 411 g/mol. The number of thiophene rings is 2. The summed E-state index contributed by atoms with van der Waals surface area (Å²) >= 11 is 3.63. The first-order valence-corrected chi connectivity index (χ1v) is 12.0. The van der Waals surface area contributed by atoms with E-state index in [1.54, 1.807) is 0 Å². The summed E-state index contributed by atoms with van der Waals surface area (Å²) in [6.45, 7) is 12.9. The Morgan fingerprint density at radius 2 is 0.893 bits per heavy atom. The van der Waals surface area contributed by atoms with Crippen LogP contribution in [-0.4, -0.2) is 0 Å². The fraction of sp³-hybridized carbons (Fsp3) is 0.500. The fourth-order valence-corrected chi connectivity index (χ4v) is 6.58. The van der Waals surface area contributed by atoms with E-state index in [1.807, 2.05) is 22.7 Å². The van der Waals surface area contributed by atoms with Gasteiger partial charge in [0, 0.05) is 30.6 Å². The van der Waals surface area contributed by atoms with Gasteiger partial charge in [0.1, 0.15) is 12.1 Å². The van der Waals surface area contributed by atoms with Crippen LogP contribution in [0.1, 0.15) is 83.3 Å². The number of hydrogen-bond donors (Lipinski definition) is 0. The second-order valence-electron chi connectivity index (χ2n) is 6.70. The lowest BCUT2D eigenvalue weighted by Gasteiger charge is -2.11. The maximum absolute atomic E-state index is 10.2. The number of nitrogens with zero attached hydrogens (tertiary/aromatic N) is 2. The molecule has 0 saturated carbocycles. The van der Waals surface area contributed by atoms with Crippen molar-refractivity contribution in [2.75, 3.05) is 0 Å². The van der Waals surface area contributed by atoms with E-state index in [4.69, 9.17) is 0 Å². The molecule has 2 rings (SSSR count). The van der Waals surface area contributed by atoms with Gasteiger partial charge >= 0.3 is 0 Å². The monoisotopic (exact) mass is 410 g/mol. The van der Waals surface area contributed by atoms with Crippen molar-refractivity contribution >= 4 is 33.8 Å². The quantitative estimate of drug-likeness (QED) is 0.434. The highest BCUT2D eigenvalue weighted by Gasteiger charge is 2.26. The van der Waals surface area contributed by atoms with Crippen LogP contribution < -0.4 is 0 Å². The van der Waals surface area contributed by atoms with Gasteiger partial charge in [-0.1, -0.05) is 41.5 Å². The lowest BCUT2D eigenvalue weighted by atomic mass is 9.89. The molecule has 2 aromatic rings. The van der Waals surface area contributed by atoms with Gasteiger partial charge < -0.3 is 0 Å². The summed E-state index contributed by atoms with van der Waals surface area (Å²) in [5.74, 6) is 0. The molecule has 0 saturated heterocycles. The molecule has 148 valence electrons. The first-order chi connectivity index (χ1) is 13.6. The van der Waals surface area contributed by atoms with E-state index in [1.165, 1.54) is 30.6 Å². The number of hydrogen-bond acceptors (Lipinski definition) is 4. The predicted octanol–water partition coefficient (Wildman–Crippen LogP) is 7.14. The zero-order valence-electron chi connectivity index (χ0n) is 18.0. The van der Waals surface area contributed by atoms with Crippen LogP contribution in [0.3, 0.4) is 0 Å². The molecule has 28 heavy (non-hydrogen) atoms. The van der Waals surface area contributed by atoms with Crippen molar-refractivity contribution in [1.82, 2.24) is 0 Å². The standard InChI is InChI=1S/C24H30N2S2/c1-7-15-19(9-3)27-21(11-5)23(15)17(13-25)18(14-26)24-16(8-2)20(10-4)28-22(24)12-6/h7-12H2,1-6H3. The lowest BCUT2D eigenvalue weighted by Crippen LogP contribution is -1.99. The second kappa shape index (κ2) is 10.1. The summed E-state index contributed by atoms with van der Waals surface area (Å²) in [6, 6.07) is 4.91. The summed E-state index contributed by atoms with van der Waals surface area (Å²) in [5, 5.41) is 20.4. The van der Waals surface area contributed by atoms with Crippen LogP contribution in [0.4, 0.5) is 0 Å². The van der Waals surface area contributed by atoms with Crippen LogP contribution in [0.5, 0.6) is 0 Å². The van der Waals surface area contributed by atoms with Gasteiger partial charge in [-0.05, 0) is 49.7 Å². The molecule has 0 aromatic carbocycles. The molecule has 0 aliphatic carbocycles. The molecule has 4 heteroatoms. The first-order valence-electron chi connectivity index (χ1n) is 10.4. The largest absolute Gasteiger partial charge is 0.192 e. The molecule has 0 amide bonds. The van der Waals surface area contributed by atoms with Crippen LogP contribution in [0.2, 0.25) is 0 Å². The average Bonchev–Trinajstić information content (AvgIpc) is 3.28. The zero-order valence-corrected chi connectivity index (χ0v) is 19.6. The van der Waals surface area contributed by atoms with E-state index in [0.717, 1.165) is 49.7 Å². The van der Waals surface area contributed by atoms with Gasteiger partial charge in [0.25, 0.3) is 0 Å². The van der Waals surface area contributed by atoms with Crippen LogP contribution in [0.25, 0.3) is 11.1 Å². The third-order valence-corrected chi connectivity index (χ3v) is 8.33. The second-order valence-corrected chi connectivity index (χ2v) is 9.08. The summed E-state index contributed by atoms with van der Waals surface area (Å²) in [7, 11) is 0. The third kappa shape index (κ3) is 3.82. The van der Waals surface area contributed by atoms with Gasteiger partial charge in [-0.25, -0.2) is 0 Å². The predicted molar refractivity (Wildman–Crippen MR) is 123 cm³/mol. The Balaban J connectivity index is 2.95. The minimum atomic E-state index is 0.581. The molecule has 0 aliphatic heterocycles. The van der Waals surface area contributed by atoms with E-state index in [2.05, 4.69) is 53.7 Å². The van der Waals surface area contributed by atoms with Gasteiger partial charge in [-0.2, -0.15) is 10.5 Å². The van der Waals surface area contributed by atoms with Crippen molar-refractivity contribution in [2.45, 2.75) is 80.1 Å². The molecular formula is C24H30N2S2. The molecule has 2 heterocycles. The molecule has 2 nitrogen and oxygen atoms in total. The Bertz CT molecular complexity index is 880. The minimum absolute atomic E-state index is 0.581. The fourth-order valence-electron chi connectivity index (χ4n) is 4.01. The molecule has 2 aromatic heterocycles. The van der Waals surface area contributed by atoms with Crippen molar-refractivity contribution < 1.29 is 0 Å². The Kier molecular flexibility index (Phi) is 8.05. The first kappa shape index (κ1) is 22.4. The normalized spacial score (nSPS) is 11.9. The van der Waals surface area contributed by atoms with Crippen LogP contribution >= 0.6 is 22.7 Å². The molecule has 0 aliphatic rings. The maximum Gasteiger partial charge on any atom is 0.101 e. The van der Waals surface area contributed by atoms with Crippen molar-refractivity contribution in [3.05, 3.63) is 41.8 Å². The molecule has 0 radical (unpaired) electrons. The molecule has 0 unspecified atom stereocenters. The van der Waals surface area contributed by atoms with Crippen molar-refractivity contribution in [2.24, 2.45) is 0 Å². The van der Waals surface area contributed by atoms with Gasteiger partial charge in [-0.15, -0.1) is 22.7 Å². The summed E-state index contributed by atoms with van der Waals surface area (Å²) in [5.41, 5.74) is 5.76. The molecule has 0 bridgehead atoms. The lowest BCUT2D eigenvalue weighted by molar-refractivity contribution is 1.06. The molecule has 0 fully saturated rings. The van der Waals surface area contributed by atoms with Crippen LogP contribution in [0.15, 0.2) is 0 Å². The Morgan fingerprint density at radius 3 is 1.11 bits per heavy atom. The highest BCUT2D eigenvalue weighted by molar-refractivity contribution is 7.12. The van der Waals surface area contributed by atoms with E-state index >= 15 is 0 Å². The highest BCUT2D eigenvalue weighted by Crippen LogP contribution is 2.42. The maximum atomic E-state index is 10.2. The number of rotatable bonds is 8.